The first-order valence-electron chi connectivity index (χ1n) is 10.5. The number of benzene rings is 1. The van der Waals surface area contributed by atoms with Gasteiger partial charge in [-0.3, -0.25) is 9.69 Å². The highest BCUT2D eigenvalue weighted by atomic mass is 16.5. The van der Waals surface area contributed by atoms with E-state index in [1.54, 1.807) is 0 Å². The Labute approximate surface area is 171 Å². The van der Waals surface area contributed by atoms with Crippen LogP contribution in [0.5, 0.6) is 0 Å². The van der Waals surface area contributed by atoms with Gasteiger partial charge in [0.2, 0.25) is 0 Å². The topological polar surface area (TPSA) is 67.9 Å². The second-order valence-electron chi connectivity index (χ2n) is 8.94. The largest absolute Gasteiger partial charge is 0.466 e. The molecular weight excluding hydrogens is 368 g/mol. The van der Waals surface area contributed by atoms with Gasteiger partial charge in [-0.15, -0.1) is 0 Å². The normalized spacial score (nSPS) is 33.3. The maximum absolute atomic E-state index is 13.0. The molecule has 0 bridgehead atoms. The lowest BCUT2D eigenvalue weighted by atomic mass is 9.53. The standard InChI is InChI=1S/C23H28N2O4/c1-14(29-15(2)26)22-9-6-11-25-12-10-23(21(22)25)17-7-4-5-8-18(17)24-19(23)16(13-22)20(27)28-3/h4-5,7-8,14,21,24H,6,9-13H2,1-3H3/t14?,21-,22-,23-/m1/s1. The molecule has 3 heterocycles. The Bertz CT molecular complexity index is 925. The van der Waals surface area contributed by atoms with Crippen LogP contribution in [0.3, 0.4) is 0 Å². The summed E-state index contributed by atoms with van der Waals surface area (Å²) >= 11 is 0. The number of nitrogens with one attached hydrogen (secondary N) is 1. The number of esters is 2. The molecule has 1 aromatic rings. The molecule has 0 aromatic heterocycles. The first kappa shape index (κ1) is 18.7. The quantitative estimate of drug-likeness (QED) is 0.793. The monoisotopic (exact) mass is 396 g/mol. The van der Waals surface area contributed by atoms with Crippen molar-refractivity contribution in [3.8, 4) is 0 Å². The zero-order valence-corrected chi connectivity index (χ0v) is 17.3. The number of hydrogen-bond donors (Lipinski definition) is 1. The summed E-state index contributed by atoms with van der Waals surface area (Å²) in [6, 6.07) is 8.58. The Morgan fingerprint density at radius 3 is 2.79 bits per heavy atom. The highest BCUT2D eigenvalue weighted by Crippen LogP contribution is 2.65. The number of carbonyl (C=O) groups excluding carboxylic acids is 2. The van der Waals surface area contributed by atoms with E-state index >= 15 is 0 Å². The fourth-order valence-electron chi connectivity index (χ4n) is 6.83. The summed E-state index contributed by atoms with van der Waals surface area (Å²) in [7, 11) is 1.45. The second-order valence-corrected chi connectivity index (χ2v) is 8.94. The van der Waals surface area contributed by atoms with Gasteiger partial charge in [0, 0.05) is 29.8 Å². The molecule has 0 radical (unpaired) electrons. The van der Waals surface area contributed by atoms with Crippen molar-refractivity contribution in [2.45, 2.75) is 57.1 Å². The lowest BCUT2D eigenvalue weighted by Crippen LogP contribution is -2.64. The van der Waals surface area contributed by atoms with Gasteiger partial charge < -0.3 is 14.8 Å². The van der Waals surface area contributed by atoms with Crippen molar-refractivity contribution in [1.29, 1.82) is 0 Å². The van der Waals surface area contributed by atoms with E-state index in [4.69, 9.17) is 9.47 Å². The molecule has 1 spiro atoms. The number of carbonyl (C=O) groups is 2. The van der Waals surface area contributed by atoms with Crippen molar-refractivity contribution in [1.82, 2.24) is 4.90 Å². The molecule has 5 rings (SSSR count). The molecule has 1 aliphatic carbocycles. The van der Waals surface area contributed by atoms with Crippen molar-refractivity contribution in [2.24, 2.45) is 5.41 Å². The minimum atomic E-state index is -0.313. The zero-order valence-electron chi connectivity index (χ0n) is 17.3. The highest BCUT2D eigenvalue weighted by molar-refractivity contribution is 5.93. The Kier molecular flexibility index (Phi) is 4.07. The highest BCUT2D eigenvalue weighted by Gasteiger charge is 2.68. The predicted molar refractivity (Wildman–Crippen MR) is 108 cm³/mol. The molecule has 1 aromatic carbocycles. The van der Waals surface area contributed by atoms with Gasteiger partial charge in [0.25, 0.3) is 0 Å². The van der Waals surface area contributed by atoms with Crippen LogP contribution in [0.15, 0.2) is 35.5 Å². The number of anilines is 1. The number of fused-ring (bicyclic) bond motifs is 1. The minimum absolute atomic E-state index is 0.192. The van der Waals surface area contributed by atoms with Crippen LogP contribution in [0.2, 0.25) is 0 Å². The summed E-state index contributed by atoms with van der Waals surface area (Å²) in [5.74, 6) is -0.549. The number of nitrogens with zero attached hydrogens (tertiary/aromatic N) is 1. The van der Waals surface area contributed by atoms with Gasteiger partial charge in [-0.1, -0.05) is 18.2 Å². The lowest BCUT2D eigenvalue weighted by Gasteiger charge is -2.57. The van der Waals surface area contributed by atoms with Gasteiger partial charge >= 0.3 is 11.9 Å². The molecule has 3 aliphatic heterocycles. The smallest absolute Gasteiger partial charge is 0.335 e. The van der Waals surface area contributed by atoms with Crippen LogP contribution < -0.4 is 5.32 Å². The van der Waals surface area contributed by atoms with Gasteiger partial charge in [-0.05, 0) is 57.3 Å². The first-order chi connectivity index (χ1) is 13.9. The van der Waals surface area contributed by atoms with Crippen molar-refractivity contribution in [3.05, 3.63) is 41.1 Å². The first-order valence-corrected chi connectivity index (χ1v) is 10.5. The van der Waals surface area contributed by atoms with E-state index in [9.17, 15) is 9.59 Å². The Morgan fingerprint density at radius 1 is 1.24 bits per heavy atom. The fraction of sp³-hybridized carbons (Fsp3) is 0.565. The number of methoxy groups -OCH3 is 1. The van der Waals surface area contributed by atoms with Crippen LogP contribution in [0.1, 0.15) is 45.1 Å². The SMILES string of the molecule is COC(=O)C1=C2Nc3ccccc3[C@]23CCN2CCC[C@](C(C)OC(C)=O)(C1)[C@@H]23. The van der Waals surface area contributed by atoms with Crippen LogP contribution in [-0.4, -0.2) is 49.2 Å². The molecule has 4 aliphatic rings. The number of rotatable bonds is 3. The van der Waals surface area contributed by atoms with E-state index in [-0.39, 0.29) is 34.9 Å². The van der Waals surface area contributed by atoms with Gasteiger partial charge in [0.05, 0.1) is 18.1 Å². The molecule has 1 unspecified atom stereocenters. The molecule has 0 amide bonds. The Hall–Kier alpha value is -2.34. The van der Waals surface area contributed by atoms with Crippen molar-refractivity contribution >= 4 is 17.6 Å². The van der Waals surface area contributed by atoms with Crippen LogP contribution in [0.25, 0.3) is 0 Å². The summed E-state index contributed by atoms with van der Waals surface area (Å²) in [4.78, 5) is 27.4. The summed E-state index contributed by atoms with van der Waals surface area (Å²) < 4.78 is 11.0. The van der Waals surface area contributed by atoms with Crippen molar-refractivity contribution in [2.75, 3.05) is 25.5 Å². The number of para-hydroxylation sites is 1. The van der Waals surface area contributed by atoms with Gasteiger partial charge in [0.15, 0.2) is 0 Å². The molecule has 154 valence electrons. The third kappa shape index (κ3) is 2.32. The predicted octanol–water partition coefficient (Wildman–Crippen LogP) is 2.99. The molecule has 6 nitrogen and oxygen atoms in total. The van der Waals surface area contributed by atoms with Crippen molar-refractivity contribution in [3.63, 3.8) is 0 Å². The average molecular weight is 396 g/mol. The summed E-state index contributed by atoms with van der Waals surface area (Å²) in [5, 5.41) is 3.59. The molecule has 29 heavy (non-hydrogen) atoms. The summed E-state index contributed by atoms with van der Waals surface area (Å²) in [6.45, 7) is 5.50. The maximum atomic E-state index is 13.0. The lowest BCUT2D eigenvalue weighted by molar-refractivity contribution is -0.161. The van der Waals surface area contributed by atoms with Crippen LogP contribution >= 0.6 is 0 Å². The third-order valence-corrected chi connectivity index (χ3v) is 7.76. The average Bonchev–Trinajstić information content (AvgIpc) is 3.27. The third-order valence-electron chi connectivity index (χ3n) is 7.76. The van der Waals surface area contributed by atoms with E-state index < -0.39 is 0 Å². The molecule has 0 saturated carbocycles. The molecule has 2 fully saturated rings. The zero-order chi connectivity index (χ0) is 20.4. The molecule has 1 N–H and O–H groups in total. The Balaban J connectivity index is 1.77. The van der Waals surface area contributed by atoms with Crippen molar-refractivity contribution < 1.29 is 19.1 Å². The number of piperidine rings is 1. The molecular formula is C23H28N2O4. The van der Waals surface area contributed by atoms with Gasteiger partial charge in [0.1, 0.15) is 6.10 Å². The maximum Gasteiger partial charge on any atom is 0.335 e. The van der Waals surface area contributed by atoms with E-state index in [0.29, 0.717) is 12.0 Å². The van der Waals surface area contributed by atoms with E-state index in [1.807, 2.05) is 13.0 Å². The van der Waals surface area contributed by atoms with E-state index in [0.717, 1.165) is 43.7 Å². The summed E-state index contributed by atoms with van der Waals surface area (Å²) in [6.07, 6.45) is 3.20. The molecule has 2 saturated heterocycles. The van der Waals surface area contributed by atoms with E-state index in [2.05, 4.69) is 28.4 Å². The summed E-state index contributed by atoms with van der Waals surface area (Å²) in [5.41, 5.74) is 3.45. The van der Waals surface area contributed by atoms with Crippen LogP contribution in [0, 0.1) is 5.41 Å². The number of ether oxygens (including phenoxy) is 2. The van der Waals surface area contributed by atoms with Gasteiger partial charge in [-0.25, -0.2) is 4.79 Å². The van der Waals surface area contributed by atoms with E-state index in [1.165, 1.54) is 19.6 Å². The second kappa shape index (κ2) is 6.33. The van der Waals surface area contributed by atoms with Crippen LogP contribution in [0.4, 0.5) is 5.69 Å². The fourth-order valence-corrected chi connectivity index (χ4v) is 6.83. The molecule has 6 heteroatoms. The van der Waals surface area contributed by atoms with Gasteiger partial charge in [-0.2, -0.15) is 0 Å². The Morgan fingerprint density at radius 2 is 2.03 bits per heavy atom. The van der Waals surface area contributed by atoms with Crippen LogP contribution in [-0.2, 0) is 24.5 Å². The molecule has 4 atom stereocenters. The minimum Gasteiger partial charge on any atom is -0.466 e. The number of hydrogen-bond acceptors (Lipinski definition) is 6.